The fourth-order valence-electron chi connectivity index (χ4n) is 3.56. The molecule has 0 aliphatic carbocycles. The fraction of sp³-hybridized carbons (Fsp3) is 0.350. The van der Waals surface area contributed by atoms with E-state index in [0.29, 0.717) is 18.0 Å². The number of amides is 1. The number of thioether (sulfide) groups is 1. The summed E-state index contributed by atoms with van der Waals surface area (Å²) < 4.78 is 12.9. The standard InChI is InChI=1S/C20H22N4O3S/c1-12-19(25)24(11-13-8-9-15-14(10-13)21-22-23(15)2)20(28-12)18-16(26-3)6-5-7-17(18)27-4/h5-10,12,20H,11H2,1-4H3. The summed E-state index contributed by atoms with van der Waals surface area (Å²) >= 11 is 1.61. The van der Waals surface area contributed by atoms with Crippen LogP contribution < -0.4 is 9.47 Å². The van der Waals surface area contributed by atoms with Gasteiger partial charge in [-0.05, 0) is 36.8 Å². The van der Waals surface area contributed by atoms with E-state index in [1.54, 1.807) is 30.7 Å². The summed E-state index contributed by atoms with van der Waals surface area (Å²) in [7, 11) is 5.13. The summed E-state index contributed by atoms with van der Waals surface area (Å²) in [4.78, 5) is 14.8. The Kier molecular flexibility index (Phi) is 4.89. The molecule has 0 saturated carbocycles. The van der Waals surface area contributed by atoms with E-state index in [-0.39, 0.29) is 16.5 Å². The van der Waals surface area contributed by atoms with Crippen molar-refractivity contribution in [3.63, 3.8) is 0 Å². The molecule has 2 unspecified atom stereocenters. The number of benzene rings is 2. The first-order valence-corrected chi connectivity index (χ1v) is 9.93. The van der Waals surface area contributed by atoms with Crippen LogP contribution in [-0.2, 0) is 18.4 Å². The van der Waals surface area contributed by atoms with Crippen LogP contribution in [0, 0.1) is 0 Å². The molecule has 8 heteroatoms. The number of methoxy groups -OCH3 is 2. The Morgan fingerprint density at radius 2 is 1.86 bits per heavy atom. The van der Waals surface area contributed by atoms with Crippen molar-refractivity contribution >= 4 is 28.7 Å². The van der Waals surface area contributed by atoms with Gasteiger partial charge in [-0.15, -0.1) is 16.9 Å². The van der Waals surface area contributed by atoms with Crippen molar-refractivity contribution in [2.24, 2.45) is 7.05 Å². The molecule has 0 spiro atoms. The number of rotatable bonds is 5. The highest BCUT2D eigenvalue weighted by Crippen LogP contribution is 2.49. The molecule has 7 nitrogen and oxygen atoms in total. The van der Waals surface area contributed by atoms with E-state index < -0.39 is 0 Å². The molecule has 0 radical (unpaired) electrons. The van der Waals surface area contributed by atoms with E-state index in [1.807, 2.05) is 55.3 Å². The zero-order chi connectivity index (χ0) is 19.8. The normalized spacial score (nSPS) is 19.4. The predicted octanol–water partition coefficient (Wildman–Crippen LogP) is 3.15. The van der Waals surface area contributed by atoms with Crippen molar-refractivity contribution < 1.29 is 14.3 Å². The Morgan fingerprint density at radius 3 is 2.54 bits per heavy atom. The fourth-order valence-corrected chi connectivity index (χ4v) is 4.90. The smallest absolute Gasteiger partial charge is 0.236 e. The molecule has 2 aromatic carbocycles. The van der Waals surface area contributed by atoms with Gasteiger partial charge in [0.15, 0.2) is 0 Å². The number of nitrogens with zero attached hydrogens (tertiary/aromatic N) is 4. The van der Waals surface area contributed by atoms with Gasteiger partial charge in [0, 0.05) is 13.6 Å². The quantitative estimate of drug-likeness (QED) is 0.658. The van der Waals surface area contributed by atoms with Gasteiger partial charge in [0.05, 0.1) is 30.5 Å². The molecule has 1 aliphatic rings. The lowest BCUT2D eigenvalue weighted by atomic mass is 10.1. The molecule has 4 rings (SSSR count). The second kappa shape index (κ2) is 7.35. The van der Waals surface area contributed by atoms with Crippen LogP contribution >= 0.6 is 11.8 Å². The van der Waals surface area contributed by atoms with Crippen LogP contribution in [-0.4, -0.2) is 45.3 Å². The summed E-state index contributed by atoms with van der Waals surface area (Å²) in [6.45, 7) is 2.42. The van der Waals surface area contributed by atoms with Crippen molar-refractivity contribution in [1.29, 1.82) is 0 Å². The van der Waals surface area contributed by atoms with Crippen LogP contribution in [0.4, 0.5) is 0 Å². The highest BCUT2D eigenvalue weighted by atomic mass is 32.2. The van der Waals surface area contributed by atoms with Gasteiger partial charge in [-0.1, -0.05) is 17.3 Å². The Hall–Kier alpha value is -2.74. The summed E-state index contributed by atoms with van der Waals surface area (Å²) in [6.07, 6.45) is 0. The topological polar surface area (TPSA) is 69.5 Å². The summed E-state index contributed by atoms with van der Waals surface area (Å²) in [6, 6.07) is 11.7. The number of aromatic nitrogens is 3. The van der Waals surface area contributed by atoms with Crippen molar-refractivity contribution in [2.75, 3.05) is 14.2 Å². The highest BCUT2D eigenvalue weighted by Gasteiger charge is 2.41. The second-order valence-electron chi connectivity index (χ2n) is 6.71. The summed E-state index contributed by atoms with van der Waals surface area (Å²) in [5.41, 5.74) is 3.67. The molecule has 1 fully saturated rings. The maximum absolute atomic E-state index is 13.0. The van der Waals surface area contributed by atoms with Gasteiger partial charge in [-0.25, -0.2) is 4.68 Å². The number of carbonyl (C=O) groups excluding carboxylic acids is 1. The lowest BCUT2D eigenvalue weighted by Gasteiger charge is -2.27. The molecule has 28 heavy (non-hydrogen) atoms. The number of fused-ring (bicyclic) bond motifs is 1. The van der Waals surface area contributed by atoms with Crippen molar-refractivity contribution in [3.8, 4) is 11.5 Å². The average Bonchev–Trinajstić information content (AvgIpc) is 3.21. The molecular formula is C20H22N4O3S. The Morgan fingerprint density at radius 1 is 1.14 bits per heavy atom. The molecule has 0 N–H and O–H groups in total. The number of ether oxygens (including phenoxy) is 2. The van der Waals surface area contributed by atoms with Gasteiger partial charge < -0.3 is 14.4 Å². The zero-order valence-electron chi connectivity index (χ0n) is 16.2. The average molecular weight is 398 g/mol. The number of hydrogen-bond acceptors (Lipinski definition) is 6. The van der Waals surface area contributed by atoms with Gasteiger partial charge in [0.25, 0.3) is 0 Å². The third kappa shape index (κ3) is 3.07. The minimum Gasteiger partial charge on any atom is -0.496 e. The van der Waals surface area contributed by atoms with Crippen LogP contribution in [0.1, 0.15) is 23.4 Å². The Balaban J connectivity index is 1.72. The first-order chi connectivity index (χ1) is 13.5. The van der Waals surface area contributed by atoms with Crippen molar-refractivity contribution in [3.05, 3.63) is 47.5 Å². The number of hydrogen-bond donors (Lipinski definition) is 0. The summed E-state index contributed by atoms with van der Waals surface area (Å²) in [5.74, 6) is 1.53. The molecule has 146 valence electrons. The first kappa shape index (κ1) is 18.6. The molecule has 1 saturated heterocycles. The number of aryl methyl sites for hydroxylation is 1. The van der Waals surface area contributed by atoms with Gasteiger partial charge in [0.2, 0.25) is 5.91 Å². The largest absolute Gasteiger partial charge is 0.496 e. The van der Waals surface area contributed by atoms with E-state index >= 15 is 0 Å². The van der Waals surface area contributed by atoms with E-state index in [9.17, 15) is 4.79 Å². The highest BCUT2D eigenvalue weighted by molar-refractivity contribution is 8.01. The van der Waals surface area contributed by atoms with Crippen LogP contribution in [0.25, 0.3) is 11.0 Å². The summed E-state index contributed by atoms with van der Waals surface area (Å²) in [5, 5.41) is 7.91. The third-order valence-corrected chi connectivity index (χ3v) is 6.35. The third-order valence-electron chi connectivity index (χ3n) is 4.99. The van der Waals surface area contributed by atoms with E-state index in [1.165, 1.54) is 0 Å². The maximum Gasteiger partial charge on any atom is 0.236 e. The van der Waals surface area contributed by atoms with Gasteiger partial charge in [-0.3, -0.25) is 4.79 Å². The van der Waals surface area contributed by atoms with Gasteiger partial charge >= 0.3 is 0 Å². The monoisotopic (exact) mass is 398 g/mol. The van der Waals surface area contributed by atoms with Crippen LogP contribution in [0.15, 0.2) is 36.4 Å². The Bertz CT molecular complexity index is 1010. The van der Waals surface area contributed by atoms with Crippen LogP contribution in [0.3, 0.4) is 0 Å². The molecule has 2 heterocycles. The molecule has 1 aliphatic heterocycles. The molecular weight excluding hydrogens is 376 g/mol. The van der Waals surface area contributed by atoms with Gasteiger partial charge in [-0.2, -0.15) is 0 Å². The van der Waals surface area contributed by atoms with Crippen LogP contribution in [0.2, 0.25) is 0 Å². The van der Waals surface area contributed by atoms with E-state index in [0.717, 1.165) is 22.2 Å². The SMILES string of the molecule is COc1cccc(OC)c1C1SC(C)C(=O)N1Cc1ccc2c(c1)nnn2C. The minimum atomic E-state index is -0.189. The van der Waals surface area contributed by atoms with E-state index in [2.05, 4.69) is 10.3 Å². The van der Waals surface area contributed by atoms with Crippen molar-refractivity contribution in [2.45, 2.75) is 24.1 Å². The Labute approximate surface area is 167 Å². The molecule has 0 bridgehead atoms. The molecule has 2 atom stereocenters. The zero-order valence-corrected chi connectivity index (χ0v) is 17.1. The molecule has 1 aromatic heterocycles. The number of carbonyl (C=O) groups is 1. The second-order valence-corrected chi connectivity index (χ2v) is 8.13. The minimum absolute atomic E-state index is 0.0993. The molecule has 1 amide bonds. The van der Waals surface area contributed by atoms with Gasteiger partial charge in [0.1, 0.15) is 22.4 Å². The molecule has 3 aromatic rings. The van der Waals surface area contributed by atoms with Crippen LogP contribution in [0.5, 0.6) is 11.5 Å². The maximum atomic E-state index is 13.0. The van der Waals surface area contributed by atoms with Crippen molar-refractivity contribution in [1.82, 2.24) is 19.9 Å². The lowest BCUT2D eigenvalue weighted by Crippen LogP contribution is -2.30. The predicted molar refractivity (Wildman–Crippen MR) is 108 cm³/mol. The lowest BCUT2D eigenvalue weighted by molar-refractivity contribution is -0.130. The first-order valence-electron chi connectivity index (χ1n) is 8.98. The van der Waals surface area contributed by atoms with E-state index in [4.69, 9.17) is 9.47 Å².